The van der Waals surface area contributed by atoms with Crippen LogP contribution >= 0.6 is 11.6 Å². The first-order valence-corrected chi connectivity index (χ1v) is 5.76. The van der Waals surface area contributed by atoms with E-state index in [1.807, 2.05) is 13.8 Å². The lowest BCUT2D eigenvalue weighted by atomic mass is 10.4. The van der Waals surface area contributed by atoms with Gasteiger partial charge in [0.2, 0.25) is 0 Å². The Balaban J connectivity index is 2.59. The number of hydrogen-bond donors (Lipinski definition) is 1. The molecule has 2 N–H and O–H groups in total. The minimum Gasteiger partial charge on any atom is -0.382 e. The molecule has 2 heterocycles. The topological polar surface area (TPSA) is 82.5 Å². The standard InChI is InChI=1S/C10H13ClN6/c1-3-6-15-7(4-2)17(16-6)10-8(11)9(12)13-5-14-10/h5H,3-4H2,1-2H3,(H2,12,13,14). The van der Waals surface area contributed by atoms with Crippen molar-refractivity contribution in [2.24, 2.45) is 0 Å². The Morgan fingerprint density at radius 2 is 2.06 bits per heavy atom. The molecule has 0 amide bonds. The Bertz CT molecular complexity index is 536. The van der Waals surface area contributed by atoms with Crippen LogP contribution in [0.25, 0.3) is 5.82 Å². The normalized spacial score (nSPS) is 10.8. The molecule has 90 valence electrons. The van der Waals surface area contributed by atoms with Crippen molar-refractivity contribution in [3.63, 3.8) is 0 Å². The van der Waals surface area contributed by atoms with Crippen LogP contribution in [0.3, 0.4) is 0 Å². The molecule has 2 rings (SSSR count). The maximum Gasteiger partial charge on any atom is 0.179 e. The molecule has 2 aromatic rings. The van der Waals surface area contributed by atoms with Crippen LogP contribution < -0.4 is 5.73 Å². The quantitative estimate of drug-likeness (QED) is 0.893. The number of anilines is 1. The first-order valence-electron chi connectivity index (χ1n) is 5.38. The number of hydrogen-bond acceptors (Lipinski definition) is 5. The third-order valence-electron chi connectivity index (χ3n) is 2.35. The molecule has 0 bridgehead atoms. The van der Waals surface area contributed by atoms with E-state index in [0.29, 0.717) is 10.8 Å². The highest BCUT2D eigenvalue weighted by molar-refractivity contribution is 6.34. The van der Waals surface area contributed by atoms with E-state index in [4.69, 9.17) is 17.3 Å². The zero-order chi connectivity index (χ0) is 12.4. The van der Waals surface area contributed by atoms with Gasteiger partial charge in [-0.2, -0.15) is 4.68 Å². The van der Waals surface area contributed by atoms with E-state index in [0.717, 1.165) is 24.5 Å². The van der Waals surface area contributed by atoms with Crippen molar-refractivity contribution in [2.45, 2.75) is 26.7 Å². The molecular weight excluding hydrogens is 240 g/mol. The lowest BCUT2D eigenvalue weighted by molar-refractivity contribution is 0.766. The summed E-state index contributed by atoms with van der Waals surface area (Å²) in [6.07, 6.45) is 2.87. The van der Waals surface area contributed by atoms with Crippen LogP contribution in [0.15, 0.2) is 6.33 Å². The van der Waals surface area contributed by atoms with Gasteiger partial charge in [0.25, 0.3) is 0 Å². The van der Waals surface area contributed by atoms with Gasteiger partial charge >= 0.3 is 0 Å². The van der Waals surface area contributed by atoms with Crippen LogP contribution in [0.1, 0.15) is 25.5 Å². The van der Waals surface area contributed by atoms with Crippen LogP contribution in [-0.2, 0) is 12.8 Å². The molecule has 0 aromatic carbocycles. The monoisotopic (exact) mass is 252 g/mol. The fourth-order valence-corrected chi connectivity index (χ4v) is 1.64. The first kappa shape index (κ1) is 11.8. The lowest BCUT2D eigenvalue weighted by Gasteiger charge is -2.05. The second kappa shape index (κ2) is 4.67. The zero-order valence-electron chi connectivity index (χ0n) is 9.68. The minimum atomic E-state index is 0.243. The molecule has 0 unspecified atom stereocenters. The zero-order valence-corrected chi connectivity index (χ0v) is 10.4. The third-order valence-corrected chi connectivity index (χ3v) is 2.71. The van der Waals surface area contributed by atoms with Crippen molar-refractivity contribution in [1.82, 2.24) is 24.7 Å². The van der Waals surface area contributed by atoms with Gasteiger partial charge in [0, 0.05) is 12.8 Å². The van der Waals surface area contributed by atoms with Crippen LogP contribution in [0, 0.1) is 0 Å². The molecule has 6 nitrogen and oxygen atoms in total. The number of nitrogens with two attached hydrogens (primary N) is 1. The fourth-order valence-electron chi connectivity index (χ4n) is 1.46. The summed E-state index contributed by atoms with van der Waals surface area (Å²) >= 11 is 6.07. The van der Waals surface area contributed by atoms with Crippen LogP contribution in [0.2, 0.25) is 5.02 Å². The summed E-state index contributed by atoms with van der Waals surface area (Å²) in [5.41, 5.74) is 5.64. The molecular formula is C10H13ClN6. The molecule has 7 heteroatoms. The lowest BCUT2D eigenvalue weighted by Crippen LogP contribution is -2.07. The smallest absolute Gasteiger partial charge is 0.179 e. The molecule has 0 atom stereocenters. The molecule has 0 saturated heterocycles. The van der Waals surface area contributed by atoms with Gasteiger partial charge in [0.1, 0.15) is 23.0 Å². The van der Waals surface area contributed by atoms with Crippen LogP contribution in [-0.4, -0.2) is 24.7 Å². The highest BCUT2D eigenvalue weighted by atomic mass is 35.5. The van der Waals surface area contributed by atoms with E-state index in [2.05, 4.69) is 20.1 Å². The van der Waals surface area contributed by atoms with Crippen molar-refractivity contribution in [3.05, 3.63) is 23.0 Å². The average molecular weight is 253 g/mol. The molecule has 17 heavy (non-hydrogen) atoms. The Morgan fingerprint density at radius 1 is 1.29 bits per heavy atom. The van der Waals surface area contributed by atoms with Gasteiger partial charge in [-0.3, -0.25) is 0 Å². The van der Waals surface area contributed by atoms with E-state index >= 15 is 0 Å². The molecule has 0 spiro atoms. The summed E-state index contributed by atoms with van der Waals surface area (Å²) in [5.74, 6) is 2.28. The molecule has 0 aliphatic heterocycles. The van der Waals surface area contributed by atoms with Gasteiger partial charge in [-0.1, -0.05) is 25.4 Å². The van der Waals surface area contributed by atoms with Gasteiger partial charge in [0.15, 0.2) is 11.6 Å². The van der Waals surface area contributed by atoms with Gasteiger partial charge in [-0.05, 0) is 0 Å². The fraction of sp³-hybridized carbons (Fsp3) is 0.400. The molecule has 2 aromatic heterocycles. The van der Waals surface area contributed by atoms with Gasteiger partial charge < -0.3 is 5.73 Å². The summed E-state index contributed by atoms with van der Waals surface area (Å²) in [4.78, 5) is 12.3. The number of aryl methyl sites for hydroxylation is 2. The Morgan fingerprint density at radius 3 is 2.71 bits per heavy atom. The number of aromatic nitrogens is 5. The predicted octanol–water partition coefficient (Wildman–Crippen LogP) is 1.42. The molecule has 0 saturated carbocycles. The molecule has 0 aliphatic carbocycles. The number of nitrogens with zero attached hydrogens (tertiary/aromatic N) is 5. The van der Waals surface area contributed by atoms with Crippen molar-refractivity contribution < 1.29 is 0 Å². The van der Waals surface area contributed by atoms with Crippen molar-refractivity contribution in [3.8, 4) is 5.82 Å². The van der Waals surface area contributed by atoms with Crippen LogP contribution in [0.5, 0.6) is 0 Å². The summed E-state index contributed by atoms with van der Waals surface area (Å²) in [6.45, 7) is 3.99. The summed E-state index contributed by atoms with van der Waals surface area (Å²) in [7, 11) is 0. The largest absolute Gasteiger partial charge is 0.382 e. The van der Waals surface area contributed by atoms with E-state index in [-0.39, 0.29) is 5.82 Å². The minimum absolute atomic E-state index is 0.243. The van der Waals surface area contributed by atoms with Crippen molar-refractivity contribution >= 4 is 17.4 Å². The second-order valence-corrected chi connectivity index (χ2v) is 3.84. The maximum absolute atomic E-state index is 6.07. The van der Waals surface area contributed by atoms with Gasteiger partial charge in [-0.15, -0.1) is 5.10 Å². The van der Waals surface area contributed by atoms with E-state index in [1.165, 1.54) is 6.33 Å². The number of rotatable bonds is 3. The highest BCUT2D eigenvalue weighted by Crippen LogP contribution is 2.22. The number of nitrogen functional groups attached to an aromatic ring is 1. The van der Waals surface area contributed by atoms with E-state index in [9.17, 15) is 0 Å². The summed E-state index contributed by atoms with van der Waals surface area (Å²) < 4.78 is 1.62. The maximum atomic E-state index is 6.07. The Kier molecular flexibility index (Phi) is 3.23. The van der Waals surface area contributed by atoms with E-state index in [1.54, 1.807) is 4.68 Å². The predicted molar refractivity (Wildman–Crippen MR) is 65.1 cm³/mol. The van der Waals surface area contributed by atoms with Crippen molar-refractivity contribution in [1.29, 1.82) is 0 Å². The second-order valence-electron chi connectivity index (χ2n) is 3.46. The van der Waals surface area contributed by atoms with Crippen molar-refractivity contribution in [2.75, 3.05) is 5.73 Å². The Hall–Kier alpha value is -1.69. The SMILES string of the molecule is CCc1nc(CC)n(-c2ncnc(N)c2Cl)n1. The van der Waals surface area contributed by atoms with E-state index < -0.39 is 0 Å². The van der Waals surface area contributed by atoms with Gasteiger partial charge in [-0.25, -0.2) is 15.0 Å². The summed E-state index contributed by atoms with van der Waals surface area (Å²) in [5, 5.41) is 4.65. The third kappa shape index (κ3) is 2.08. The molecule has 0 radical (unpaired) electrons. The van der Waals surface area contributed by atoms with Gasteiger partial charge in [0.05, 0.1) is 0 Å². The van der Waals surface area contributed by atoms with Crippen LogP contribution in [0.4, 0.5) is 5.82 Å². The highest BCUT2D eigenvalue weighted by Gasteiger charge is 2.15. The molecule has 0 fully saturated rings. The Labute approximate surface area is 104 Å². The summed E-state index contributed by atoms with van der Waals surface area (Å²) in [6, 6.07) is 0. The molecule has 0 aliphatic rings. The average Bonchev–Trinajstić information content (AvgIpc) is 2.76. The number of halogens is 1. The first-order chi connectivity index (χ1) is 8.17.